The summed E-state index contributed by atoms with van der Waals surface area (Å²) >= 11 is 0. The zero-order valence-electron chi connectivity index (χ0n) is 51.0. The number of nitro groups is 1. The second-order valence-corrected chi connectivity index (χ2v) is 23.6. The van der Waals surface area contributed by atoms with E-state index >= 15 is 4.79 Å². The third-order valence-corrected chi connectivity index (χ3v) is 17.3. The van der Waals surface area contributed by atoms with Gasteiger partial charge in [0, 0.05) is 56.3 Å². The number of nitrogens with zero attached hydrogens (tertiary/aromatic N) is 3. The molecule has 85 heavy (non-hydrogen) atoms. The van der Waals surface area contributed by atoms with E-state index in [1.807, 2.05) is 30.3 Å². The topological polar surface area (TPSA) is 210 Å². The predicted octanol–water partition coefficient (Wildman–Crippen LogP) is 15.7. The number of aliphatic hydroxyl groups is 2. The molecule has 2 amide bonds. The molecule has 1 saturated carbocycles. The lowest BCUT2D eigenvalue weighted by molar-refractivity contribution is -0.384. The van der Waals surface area contributed by atoms with E-state index in [0.29, 0.717) is 72.9 Å². The molecule has 0 aromatic heterocycles. The van der Waals surface area contributed by atoms with Crippen LogP contribution < -0.4 is 24.3 Å². The number of hydrogen-bond donors (Lipinski definition) is 3. The number of aliphatic hydroxyl groups excluding tert-OH is 2. The van der Waals surface area contributed by atoms with Crippen LogP contribution in [-0.2, 0) is 27.5 Å². The van der Waals surface area contributed by atoms with Crippen molar-refractivity contribution in [1.29, 1.82) is 0 Å². The predicted molar refractivity (Wildman–Crippen MR) is 330 cm³/mol. The van der Waals surface area contributed by atoms with Gasteiger partial charge in [0.15, 0.2) is 11.5 Å². The Hall–Kier alpha value is -6.17. The standard InChI is InChI=1S/C68H98N4O13/c1-4-7-9-11-13-15-17-19-21-25-39-69-66(75)84-55-36-38-60-58(46-55)64-56(30-24-27-41-74)53(29-23-26-40-73)45-57-59(70-83-49-51-31-34-54(35-32-51)72(77)78)47-63(68(85-60,65(57)64)82-42-6-3)71(48-52-33-37-61-62(44-52)81-50-80-61)67(76)79-43-28-22-20-18-16-14-12-10-8-5-2/h6,31-38,44-46,53,56,63-65,73-74H,3-5,7-30,39-43,47-50H2,1-2H3,(H,69,75)/t53-,56+,63-,64+,65+,68+/m0/s1. The smallest absolute Gasteiger partial charge is 0.412 e. The van der Waals surface area contributed by atoms with Crippen LogP contribution in [0.1, 0.15) is 210 Å². The highest BCUT2D eigenvalue weighted by Gasteiger charge is 2.66. The number of fused-ring (bicyclic) bond motifs is 3. The number of nitro benzene ring substituents is 1. The maximum atomic E-state index is 15.4. The maximum absolute atomic E-state index is 15.4. The van der Waals surface area contributed by atoms with Crippen molar-refractivity contribution in [2.45, 2.75) is 218 Å². The SMILES string of the molecule is C=CCO[C@@]12Oc3ccc(OC(=O)NCCCCCCCCCCCC)cc3[C@H]3[C@H](CCCCO)[C@@H](CCCCO)C=C(C(=NOCc4ccc([N+](=O)[O-])cc4)C[C@@H]1N(Cc1ccc4c(c1)OCO4)C(=O)OCCCCCCCCCCCC)[C@H]32. The summed E-state index contributed by atoms with van der Waals surface area (Å²) in [5.41, 5.74) is 3.55. The number of hydrogen-bond acceptors (Lipinski definition) is 14. The number of allylic oxidation sites excluding steroid dienone is 1. The molecule has 17 nitrogen and oxygen atoms in total. The molecule has 1 fully saturated rings. The number of benzene rings is 3. The van der Waals surface area contributed by atoms with E-state index in [0.717, 1.165) is 68.1 Å². The summed E-state index contributed by atoms with van der Waals surface area (Å²) in [6.45, 7) is 9.52. The fourth-order valence-electron chi connectivity index (χ4n) is 12.9. The van der Waals surface area contributed by atoms with Crippen molar-refractivity contribution in [3.8, 4) is 23.0 Å². The highest BCUT2D eigenvalue weighted by Crippen LogP contribution is 2.62. The zero-order chi connectivity index (χ0) is 60.1. The Kier molecular flexibility index (Phi) is 28.2. The van der Waals surface area contributed by atoms with E-state index in [4.69, 9.17) is 38.4 Å². The number of nitrogens with one attached hydrogen (secondary N) is 1. The van der Waals surface area contributed by atoms with Crippen LogP contribution in [0.2, 0.25) is 0 Å². The Morgan fingerprint density at radius 1 is 0.765 bits per heavy atom. The highest BCUT2D eigenvalue weighted by atomic mass is 16.7. The minimum absolute atomic E-state index is 0.00153. The summed E-state index contributed by atoms with van der Waals surface area (Å²) in [7, 11) is 0. The normalized spacial score (nSPS) is 20.4. The van der Waals surface area contributed by atoms with Gasteiger partial charge in [-0.1, -0.05) is 166 Å². The van der Waals surface area contributed by atoms with Crippen molar-refractivity contribution in [2.24, 2.45) is 22.9 Å². The number of unbranched alkanes of at least 4 members (excludes halogenated alkanes) is 20. The Bertz CT molecular complexity index is 2590. The van der Waals surface area contributed by atoms with Crippen LogP contribution in [0.5, 0.6) is 23.0 Å². The Balaban J connectivity index is 1.27. The van der Waals surface area contributed by atoms with Gasteiger partial charge in [-0.15, -0.1) is 6.58 Å². The summed E-state index contributed by atoms with van der Waals surface area (Å²) in [6, 6.07) is 16.3. The number of carbonyl (C=O) groups is 2. The fraction of sp³-hybridized carbons (Fsp3) is 0.632. The molecule has 0 radical (unpaired) electrons. The lowest BCUT2D eigenvalue weighted by atomic mass is 9.55. The number of rotatable bonds is 41. The van der Waals surface area contributed by atoms with Crippen molar-refractivity contribution in [1.82, 2.24) is 10.2 Å². The molecular weight excluding hydrogens is 1080 g/mol. The summed E-state index contributed by atoms with van der Waals surface area (Å²) in [6.07, 6.45) is 30.1. The molecule has 3 aromatic rings. The van der Waals surface area contributed by atoms with Crippen LogP contribution in [0.4, 0.5) is 15.3 Å². The van der Waals surface area contributed by atoms with E-state index in [2.05, 4.69) is 31.8 Å². The number of carbonyl (C=O) groups excluding carboxylic acids is 2. The monoisotopic (exact) mass is 1180 g/mol. The van der Waals surface area contributed by atoms with E-state index < -0.39 is 40.8 Å². The van der Waals surface area contributed by atoms with Gasteiger partial charge in [0.05, 0.1) is 29.8 Å². The lowest BCUT2D eigenvalue weighted by Crippen LogP contribution is -2.70. The fourth-order valence-corrected chi connectivity index (χ4v) is 12.9. The van der Waals surface area contributed by atoms with E-state index in [1.165, 1.54) is 95.6 Å². The van der Waals surface area contributed by atoms with Gasteiger partial charge >= 0.3 is 12.2 Å². The molecule has 2 aliphatic carbocycles. The highest BCUT2D eigenvalue weighted by molar-refractivity contribution is 6.03. The molecule has 3 N–H and O–H groups in total. The van der Waals surface area contributed by atoms with Crippen molar-refractivity contribution in [3.63, 3.8) is 0 Å². The number of amides is 2. The second-order valence-electron chi connectivity index (χ2n) is 23.6. The van der Waals surface area contributed by atoms with Crippen molar-refractivity contribution in [3.05, 3.63) is 112 Å². The number of non-ortho nitro benzene ring substituents is 1. The molecule has 7 rings (SSSR count). The summed E-state index contributed by atoms with van der Waals surface area (Å²) in [5.74, 6) is -0.823. The molecule has 0 saturated heterocycles. The quantitative estimate of drug-likeness (QED) is 0.0209. The first-order chi connectivity index (χ1) is 41.6. The van der Waals surface area contributed by atoms with Crippen LogP contribution in [0, 0.1) is 27.9 Å². The summed E-state index contributed by atoms with van der Waals surface area (Å²) in [5, 5.41) is 39.8. The van der Waals surface area contributed by atoms with E-state index in [1.54, 1.807) is 29.2 Å². The molecular formula is C68H98N4O13. The first kappa shape index (κ1) is 66.4. The van der Waals surface area contributed by atoms with Gasteiger partial charge in [-0.3, -0.25) is 15.0 Å². The third-order valence-electron chi connectivity index (χ3n) is 17.3. The minimum Gasteiger partial charge on any atom is -0.459 e. The molecule has 2 heterocycles. The van der Waals surface area contributed by atoms with Gasteiger partial charge < -0.3 is 48.8 Å². The first-order valence-electron chi connectivity index (χ1n) is 32.4. The van der Waals surface area contributed by atoms with Crippen LogP contribution in [0.25, 0.3) is 0 Å². The second kappa shape index (κ2) is 36.1. The average molecular weight is 1180 g/mol. The molecule has 0 unspecified atom stereocenters. The Morgan fingerprint density at radius 3 is 2.05 bits per heavy atom. The van der Waals surface area contributed by atoms with E-state index in [-0.39, 0.29) is 70.3 Å². The minimum atomic E-state index is -1.61. The molecule has 6 atom stereocenters. The Labute approximate surface area is 505 Å². The van der Waals surface area contributed by atoms with Crippen LogP contribution >= 0.6 is 0 Å². The number of ether oxygens (including phenoxy) is 6. The van der Waals surface area contributed by atoms with Gasteiger partial charge in [-0.25, -0.2) is 9.59 Å². The largest absolute Gasteiger partial charge is 0.459 e. The van der Waals surface area contributed by atoms with Gasteiger partial charge in [0.25, 0.3) is 5.69 Å². The van der Waals surface area contributed by atoms with Crippen molar-refractivity contribution >= 4 is 23.6 Å². The van der Waals surface area contributed by atoms with E-state index in [9.17, 15) is 25.1 Å². The maximum Gasteiger partial charge on any atom is 0.412 e. The molecule has 0 bridgehead atoms. The molecule has 17 heteroatoms. The van der Waals surface area contributed by atoms with Gasteiger partial charge in [0.1, 0.15) is 24.1 Å². The van der Waals surface area contributed by atoms with Crippen molar-refractivity contribution < 1.29 is 58.0 Å². The summed E-state index contributed by atoms with van der Waals surface area (Å²) < 4.78 is 38.8. The zero-order valence-corrected chi connectivity index (χ0v) is 51.0. The first-order valence-corrected chi connectivity index (χ1v) is 32.4. The molecule has 4 aliphatic rings. The van der Waals surface area contributed by atoms with Crippen LogP contribution in [-0.4, -0.2) is 89.5 Å². The Morgan fingerprint density at radius 2 is 1.39 bits per heavy atom. The van der Waals surface area contributed by atoms with Gasteiger partial charge in [-0.05, 0) is 110 Å². The third kappa shape index (κ3) is 19.4. The molecule has 0 spiro atoms. The van der Waals surface area contributed by atoms with Crippen LogP contribution in [0.15, 0.2) is 90.1 Å². The van der Waals surface area contributed by atoms with Crippen molar-refractivity contribution in [2.75, 3.05) is 39.8 Å². The van der Waals surface area contributed by atoms with Crippen LogP contribution in [0.3, 0.4) is 0 Å². The van der Waals surface area contributed by atoms with Gasteiger partial charge in [0.2, 0.25) is 12.6 Å². The van der Waals surface area contributed by atoms with Gasteiger partial charge in [-0.2, -0.15) is 0 Å². The number of oxime groups is 1. The molecule has 468 valence electrons. The average Bonchev–Trinajstić information content (AvgIpc) is 1.44. The molecule has 3 aromatic carbocycles. The lowest BCUT2D eigenvalue weighted by Gasteiger charge is -2.59. The summed E-state index contributed by atoms with van der Waals surface area (Å²) in [4.78, 5) is 48.1. The molecule has 2 aliphatic heterocycles.